The molecule has 3 nitrogen and oxygen atoms in total. The molecule has 0 aliphatic carbocycles. The Morgan fingerprint density at radius 1 is 1.32 bits per heavy atom. The number of rotatable bonds is 5. The molecule has 0 aromatic heterocycles. The lowest BCUT2D eigenvalue weighted by Crippen LogP contribution is -2.37. The fourth-order valence-electron chi connectivity index (χ4n) is 1.71. The lowest BCUT2D eigenvalue weighted by molar-refractivity contribution is 0.0733. The van der Waals surface area contributed by atoms with Crippen molar-refractivity contribution in [3.8, 4) is 0 Å². The molecule has 0 saturated carbocycles. The molecule has 1 rings (SSSR count). The lowest BCUT2D eigenvalue weighted by atomic mass is 10.1. The normalized spacial score (nSPS) is 12.3. The van der Waals surface area contributed by atoms with E-state index in [9.17, 15) is 18.0 Å². The van der Waals surface area contributed by atoms with Gasteiger partial charge in [-0.05, 0) is 19.4 Å². The predicted molar refractivity (Wildman–Crippen MR) is 66.1 cm³/mol. The topological polar surface area (TPSA) is 46.3 Å². The average molecular weight is 274 g/mol. The Kier molecular flexibility index (Phi) is 5.35. The zero-order valence-corrected chi connectivity index (χ0v) is 10.9. The molecule has 0 fully saturated rings. The molecule has 1 unspecified atom stereocenters. The van der Waals surface area contributed by atoms with Gasteiger partial charge < -0.3 is 10.6 Å². The number of hydrogen-bond donors (Lipinski definition) is 1. The van der Waals surface area contributed by atoms with Crippen molar-refractivity contribution in [3.05, 3.63) is 35.1 Å². The molecular weight excluding hydrogens is 257 g/mol. The first-order valence-electron chi connectivity index (χ1n) is 6.04. The number of amides is 1. The van der Waals surface area contributed by atoms with Crippen LogP contribution in [-0.4, -0.2) is 30.4 Å². The smallest absolute Gasteiger partial charge is 0.259 e. The van der Waals surface area contributed by atoms with Gasteiger partial charge in [-0.15, -0.1) is 0 Å². The van der Waals surface area contributed by atoms with Crippen molar-refractivity contribution in [3.63, 3.8) is 0 Å². The Morgan fingerprint density at radius 2 is 1.84 bits per heavy atom. The van der Waals surface area contributed by atoms with Crippen LogP contribution in [0.4, 0.5) is 13.2 Å². The lowest BCUT2D eigenvalue weighted by Gasteiger charge is -2.24. The Morgan fingerprint density at radius 3 is 2.26 bits per heavy atom. The molecule has 106 valence electrons. The van der Waals surface area contributed by atoms with Gasteiger partial charge in [-0.1, -0.05) is 6.92 Å². The highest BCUT2D eigenvalue weighted by molar-refractivity contribution is 5.94. The zero-order valence-electron chi connectivity index (χ0n) is 10.9. The molecule has 19 heavy (non-hydrogen) atoms. The highest BCUT2D eigenvalue weighted by atomic mass is 19.1. The van der Waals surface area contributed by atoms with Gasteiger partial charge in [0.25, 0.3) is 5.91 Å². The molecule has 1 atom stereocenters. The summed E-state index contributed by atoms with van der Waals surface area (Å²) in [5.41, 5.74) is 4.73. The maximum atomic E-state index is 13.5. The van der Waals surface area contributed by atoms with Gasteiger partial charge in [-0.2, -0.15) is 0 Å². The molecule has 0 aliphatic rings. The van der Waals surface area contributed by atoms with Crippen LogP contribution in [0.1, 0.15) is 24.2 Å². The molecule has 1 aromatic carbocycles. The van der Waals surface area contributed by atoms with Crippen molar-refractivity contribution >= 4 is 5.91 Å². The maximum absolute atomic E-state index is 13.5. The minimum absolute atomic E-state index is 0.00970. The molecular formula is C13H17F3N2O. The number of nitrogens with zero attached hydrogens (tertiary/aromatic N) is 1. The highest BCUT2D eigenvalue weighted by Gasteiger charge is 2.24. The quantitative estimate of drug-likeness (QED) is 0.894. The number of nitrogens with two attached hydrogens (primary N) is 1. The SMILES string of the molecule is CCN(CC(C)CN)C(=O)c1c(F)cc(F)cc1F. The summed E-state index contributed by atoms with van der Waals surface area (Å²) in [4.78, 5) is 13.4. The van der Waals surface area contributed by atoms with E-state index in [2.05, 4.69) is 0 Å². The molecule has 2 N–H and O–H groups in total. The summed E-state index contributed by atoms with van der Waals surface area (Å²) in [5, 5.41) is 0. The number of hydrogen-bond acceptors (Lipinski definition) is 2. The fraction of sp³-hybridized carbons (Fsp3) is 0.462. The van der Waals surface area contributed by atoms with Gasteiger partial charge >= 0.3 is 0 Å². The summed E-state index contributed by atoms with van der Waals surface area (Å²) >= 11 is 0. The van der Waals surface area contributed by atoms with E-state index in [4.69, 9.17) is 5.73 Å². The third kappa shape index (κ3) is 3.70. The minimum atomic E-state index is -1.19. The predicted octanol–water partition coefficient (Wildman–Crippen LogP) is 2.16. The van der Waals surface area contributed by atoms with Gasteiger partial charge in [-0.25, -0.2) is 13.2 Å². The van der Waals surface area contributed by atoms with Crippen LogP contribution < -0.4 is 5.73 Å². The van der Waals surface area contributed by atoms with Crippen LogP contribution in [0.5, 0.6) is 0 Å². The first kappa shape index (κ1) is 15.5. The summed E-state index contributed by atoms with van der Waals surface area (Å²) in [6.45, 7) is 4.47. The second-order valence-corrected chi connectivity index (χ2v) is 4.43. The van der Waals surface area contributed by atoms with E-state index in [1.165, 1.54) is 4.90 Å². The summed E-state index contributed by atoms with van der Waals surface area (Å²) in [6.07, 6.45) is 0. The van der Waals surface area contributed by atoms with Gasteiger partial charge in [0.15, 0.2) is 0 Å². The van der Waals surface area contributed by atoms with E-state index in [1.54, 1.807) is 6.92 Å². The van der Waals surface area contributed by atoms with Crippen LogP contribution in [0.25, 0.3) is 0 Å². The molecule has 0 radical (unpaired) electrons. The van der Waals surface area contributed by atoms with Crippen LogP contribution in [0, 0.1) is 23.4 Å². The van der Waals surface area contributed by atoms with Crippen LogP contribution in [-0.2, 0) is 0 Å². The molecule has 0 aliphatic heterocycles. The van der Waals surface area contributed by atoms with E-state index in [0.717, 1.165) is 0 Å². The fourth-order valence-corrected chi connectivity index (χ4v) is 1.71. The molecule has 0 saturated heterocycles. The van der Waals surface area contributed by atoms with Crippen LogP contribution in [0.15, 0.2) is 12.1 Å². The van der Waals surface area contributed by atoms with Gasteiger partial charge in [0.05, 0.1) is 0 Å². The van der Waals surface area contributed by atoms with Crippen molar-refractivity contribution in [2.75, 3.05) is 19.6 Å². The monoisotopic (exact) mass is 274 g/mol. The van der Waals surface area contributed by atoms with Gasteiger partial charge in [-0.3, -0.25) is 4.79 Å². The molecule has 0 spiro atoms. The summed E-state index contributed by atoms with van der Waals surface area (Å²) < 4.78 is 39.8. The summed E-state index contributed by atoms with van der Waals surface area (Å²) in [6, 6.07) is 0.993. The van der Waals surface area contributed by atoms with Gasteiger partial charge in [0, 0.05) is 25.2 Å². The van der Waals surface area contributed by atoms with Crippen molar-refractivity contribution in [1.82, 2.24) is 4.90 Å². The Labute approximate surface area is 110 Å². The van der Waals surface area contributed by atoms with Gasteiger partial charge in [0.1, 0.15) is 23.0 Å². The molecule has 1 amide bonds. The zero-order chi connectivity index (χ0) is 14.6. The maximum Gasteiger partial charge on any atom is 0.259 e. The van der Waals surface area contributed by atoms with E-state index >= 15 is 0 Å². The second kappa shape index (κ2) is 6.56. The Bertz CT molecular complexity index is 442. The van der Waals surface area contributed by atoms with Crippen molar-refractivity contribution < 1.29 is 18.0 Å². The first-order valence-corrected chi connectivity index (χ1v) is 6.04. The standard InChI is InChI=1S/C13H17F3N2O/c1-3-18(7-8(2)6-17)13(19)12-10(15)4-9(14)5-11(12)16/h4-5,8H,3,6-7,17H2,1-2H3. The largest absolute Gasteiger partial charge is 0.338 e. The number of carbonyl (C=O) groups is 1. The van der Waals surface area contributed by atoms with Gasteiger partial charge in [0.2, 0.25) is 0 Å². The molecule has 6 heteroatoms. The number of carbonyl (C=O) groups excluding carboxylic acids is 1. The van der Waals surface area contributed by atoms with Crippen molar-refractivity contribution in [1.29, 1.82) is 0 Å². The van der Waals surface area contributed by atoms with E-state index in [-0.39, 0.29) is 5.92 Å². The Balaban J connectivity index is 3.04. The third-order valence-corrected chi connectivity index (χ3v) is 2.82. The molecule has 1 aromatic rings. The first-order chi connectivity index (χ1) is 8.90. The number of benzene rings is 1. The highest BCUT2D eigenvalue weighted by Crippen LogP contribution is 2.17. The van der Waals surface area contributed by atoms with Crippen molar-refractivity contribution in [2.24, 2.45) is 11.7 Å². The Hall–Kier alpha value is -1.56. The minimum Gasteiger partial charge on any atom is -0.338 e. The third-order valence-electron chi connectivity index (χ3n) is 2.82. The van der Waals surface area contributed by atoms with E-state index in [1.807, 2.05) is 6.92 Å². The van der Waals surface area contributed by atoms with Crippen LogP contribution in [0.2, 0.25) is 0 Å². The van der Waals surface area contributed by atoms with E-state index < -0.39 is 28.9 Å². The molecule has 0 bridgehead atoms. The van der Waals surface area contributed by atoms with E-state index in [0.29, 0.717) is 31.8 Å². The van der Waals surface area contributed by atoms with Crippen molar-refractivity contribution in [2.45, 2.75) is 13.8 Å². The average Bonchev–Trinajstić information content (AvgIpc) is 2.33. The molecule has 0 heterocycles. The number of halogens is 3. The van der Waals surface area contributed by atoms with Crippen LogP contribution in [0.3, 0.4) is 0 Å². The summed E-state index contributed by atoms with van der Waals surface area (Å²) in [7, 11) is 0. The van der Waals surface area contributed by atoms with Crippen LogP contribution >= 0.6 is 0 Å². The summed E-state index contributed by atoms with van der Waals surface area (Å²) in [5.74, 6) is -4.22. The second-order valence-electron chi connectivity index (χ2n) is 4.43.